The quantitative estimate of drug-likeness (QED) is 0.213. The number of rotatable bonds is 10. The Morgan fingerprint density at radius 1 is 1.22 bits per heavy atom. The van der Waals surface area contributed by atoms with E-state index < -0.39 is 5.41 Å². The molecule has 2 heterocycles. The Balaban J connectivity index is 2.06. The summed E-state index contributed by atoms with van der Waals surface area (Å²) >= 11 is 0. The summed E-state index contributed by atoms with van der Waals surface area (Å²) in [6.07, 6.45) is 14.1. The van der Waals surface area contributed by atoms with Gasteiger partial charge in [-0.2, -0.15) is 0 Å². The first-order valence-corrected chi connectivity index (χ1v) is 15.3. The summed E-state index contributed by atoms with van der Waals surface area (Å²) in [5, 5.41) is 0. The first kappa shape index (κ1) is 32.3. The lowest BCUT2D eigenvalue weighted by atomic mass is 9.89. The van der Waals surface area contributed by atoms with E-state index in [-0.39, 0.29) is 17.8 Å². The highest BCUT2D eigenvalue weighted by atomic mass is 19.1. The molecule has 3 rings (SSSR count). The fourth-order valence-corrected chi connectivity index (χ4v) is 5.63. The van der Waals surface area contributed by atoms with Crippen LogP contribution in [0.3, 0.4) is 0 Å². The molecular weight excluding hydrogens is 509 g/mol. The molecule has 0 spiro atoms. The van der Waals surface area contributed by atoms with Crippen molar-refractivity contribution < 1.29 is 9.18 Å². The van der Waals surface area contributed by atoms with Crippen molar-refractivity contribution in [3.05, 3.63) is 88.9 Å². The van der Waals surface area contributed by atoms with Gasteiger partial charge in [0.25, 0.3) is 0 Å². The first-order chi connectivity index (χ1) is 19.5. The zero-order valence-electron chi connectivity index (χ0n) is 26.4. The lowest BCUT2D eigenvalue weighted by molar-refractivity contribution is -0.142. The number of aliphatic imine (C=N–C) groups is 1. The van der Waals surface area contributed by atoms with Gasteiger partial charge in [-0.1, -0.05) is 83.6 Å². The third-order valence-corrected chi connectivity index (χ3v) is 7.91. The number of nitrogens with zero attached hydrogens (tertiary/aromatic N) is 3. The number of carbonyl (C=O) groups excluding carboxylic acids is 1. The second kappa shape index (κ2) is 14.6. The second-order valence-corrected chi connectivity index (χ2v) is 12.4. The predicted octanol–water partition coefficient (Wildman–Crippen LogP) is 8.55. The van der Waals surface area contributed by atoms with E-state index in [1.165, 1.54) is 36.6 Å². The van der Waals surface area contributed by atoms with Gasteiger partial charge >= 0.3 is 0 Å². The van der Waals surface area contributed by atoms with Crippen molar-refractivity contribution in [3.63, 3.8) is 0 Å². The van der Waals surface area contributed by atoms with Crippen LogP contribution < -0.4 is 0 Å². The van der Waals surface area contributed by atoms with E-state index in [0.29, 0.717) is 26.1 Å². The van der Waals surface area contributed by atoms with Crippen molar-refractivity contribution in [3.8, 4) is 0 Å². The summed E-state index contributed by atoms with van der Waals surface area (Å²) in [6, 6.07) is 6.79. The SMILES string of the molecule is C=C(CC1=NCC=C(C)C(N2CCN(C(=O)C(C)(C)C)C[C@@H]2C)=C1C(=C\C)/C=C/CCCCC)c1cccc(F)c1. The highest BCUT2D eigenvalue weighted by molar-refractivity contribution is 6.10. The van der Waals surface area contributed by atoms with Crippen LogP contribution in [0.25, 0.3) is 5.57 Å². The largest absolute Gasteiger partial charge is 0.365 e. The van der Waals surface area contributed by atoms with Gasteiger partial charge in [-0.3, -0.25) is 9.79 Å². The third kappa shape index (κ3) is 8.40. The molecule has 0 N–H and O–H groups in total. The maximum Gasteiger partial charge on any atom is 0.228 e. The van der Waals surface area contributed by atoms with E-state index in [0.717, 1.165) is 41.0 Å². The first-order valence-electron chi connectivity index (χ1n) is 15.3. The lowest BCUT2D eigenvalue weighted by Crippen LogP contribution is -2.55. The van der Waals surface area contributed by atoms with Gasteiger partial charge in [-0.25, -0.2) is 4.39 Å². The zero-order chi connectivity index (χ0) is 30.2. The lowest BCUT2D eigenvalue weighted by Gasteiger charge is -2.45. The van der Waals surface area contributed by atoms with Crippen LogP contribution in [0.1, 0.15) is 86.1 Å². The average molecular weight is 560 g/mol. The van der Waals surface area contributed by atoms with E-state index in [4.69, 9.17) is 4.99 Å². The Labute approximate surface area is 248 Å². The number of carbonyl (C=O) groups is 1. The zero-order valence-corrected chi connectivity index (χ0v) is 26.4. The van der Waals surface area contributed by atoms with E-state index in [1.807, 2.05) is 31.7 Å². The molecule has 0 saturated carbocycles. The molecule has 1 amide bonds. The van der Waals surface area contributed by atoms with Crippen LogP contribution in [0.15, 0.2) is 82.6 Å². The van der Waals surface area contributed by atoms with Gasteiger partial charge in [0.15, 0.2) is 0 Å². The highest BCUT2D eigenvalue weighted by Gasteiger charge is 2.35. The Kier molecular flexibility index (Phi) is 11.5. The Hall–Kier alpha value is -3.21. The number of piperazine rings is 1. The molecule has 1 fully saturated rings. The molecule has 0 aromatic heterocycles. The van der Waals surface area contributed by atoms with Crippen molar-refractivity contribution in [2.24, 2.45) is 10.4 Å². The molecule has 2 aliphatic heterocycles. The molecule has 0 bridgehead atoms. The molecule has 0 aliphatic carbocycles. The Morgan fingerprint density at radius 2 is 1.98 bits per heavy atom. The minimum atomic E-state index is -0.401. The van der Waals surface area contributed by atoms with Gasteiger partial charge in [-0.05, 0) is 68.0 Å². The van der Waals surface area contributed by atoms with E-state index >= 15 is 0 Å². The number of unbranched alkanes of at least 4 members (excludes halogenated alkanes) is 3. The second-order valence-electron chi connectivity index (χ2n) is 12.4. The van der Waals surface area contributed by atoms with Crippen molar-refractivity contribution >= 4 is 17.2 Å². The van der Waals surface area contributed by atoms with Crippen molar-refractivity contribution in [2.75, 3.05) is 26.2 Å². The smallest absolute Gasteiger partial charge is 0.228 e. The normalized spacial score (nSPS) is 18.9. The number of allylic oxidation sites excluding steroid dienone is 7. The van der Waals surface area contributed by atoms with Gasteiger partial charge in [0, 0.05) is 54.5 Å². The molecule has 5 heteroatoms. The fraction of sp³-hybridized carbons (Fsp3) is 0.500. The van der Waals surface area contributed by atoms with Crippen molar-refractivity contribution in [1.82, 2.24) is 9.80 Å². The van der Waals surface area contributed by atoms with Gasteiger partial charge in [0.1, 0.15) is 5.82 Å². The molecule has 0 unspecified atom stereocenters. The van der Waals surface area contributed by atoms with Crippen LogP contribution in [-0.4, -0.2) is 53.6 Å². The standard InChI is InChI=1S/C36H50FN3O/c1-9-11-12-13-14-16-29(10-2)33-32(23-27(4)30-17-15-18-31(37)24-30)38-20-19-26(3)34(33)40-22-21-39(25-28(40)5)35(41)36(6,7)8/h10,14-19,24,28H,4,9,11-13,20-23,25H2,1-3,5-8H3/b16-14+,29-10-/t28-/m0/s1. The maximum atomic E-state index is 14.1. The topological polar surface area (TPSA) is 35.9 Å². The average Bonchev–Trinajstić information content (AvgIpc) is 3.08. The van der Waals surface area contributed by atoms with Gasteiger partial charge in [0.2, 0.25) is 5.91 Å². The van der Waals surface area contributed by atoms with Gasteiger partial charge in [-0.15, -0.1) is 0 Å². The summed E-state index contributed by atoms with van der Waals surface area (Å²) in [7, 11) is 0. The fourth-order valence-electron chi connectivity index (χ4n) is 5.63. The Bertz CT molecular complexity index is 1260. The molecule has 1 saturated heterocycles. The maximum absolute atomic E-state index is 14.1. The number of hydrogen-bond acceptors (Lipinski definition) is 3. The monoisotopic (exact) mass is 559 g/mol. The molecular formula is C36H50FN3O. The van der Waals surface area contributed by atoms with Crippen LogP contribution >= 0.6 is 0 Å². The minimum absolute atomic E-state index is 0.140. The van der Waals surface area contributed by atoms with Crippen LogP contribution in [0.5, 0.6) is 0 Å². The summed E-state index contributed by atoms with van der Waals surface area (Å²) < 4.78 is 14.1. The molecule has 4 nitrogen and oxygen atoms in total. The molecule has 0 radical (unpaired) electrons. The van der Waals surface area contributed by atoms with Crippen LogP contribution in [0, 0.1) is 11.2 Å². The van der Waals surface area contributed by atoms with E-state index in [2.05, 4.69) is 63.5 Å². The highest BCUT2D eigenvalue weighted by Crippen LogP contribution is 2.34. The molecule has 41 heavy (non-hydrogen) atoms. The van der Waals surface area contributed by atoms with Crippen LogP contribution in [0.4, 0.5) is 4.39 Å². The molecule has 2 aliphatic rings. The van der Waals surface area contributed by atoms with E-state index in [9.17, 15) is 9.18 Å². The minimum Gasteiger partial charge on any atom is -0.365 e. The summed E-state index contributed by atoms with van der Waals surface area (Å²) in [5.74, 6) is -0.0646. The molecule has 1 atom stereocenters. The Morgan fingerprint density at radius 3 is 2.61 bits per heavy atom. The molecule has 1 aromatic rings. The van der Waals surface area contributed by atoms with Gasteiger partial charge < -0.3 is 9.80 Å². The number of hydrogen-bond donors (Lipinski definition) is 0. The van der Waals surface area contributed by atoms with Crippen LogP contribution in [-0.2, 0) is 4.79 Å². The van der Waals surface area contributed by atoms with Crippen molar-refractivity contribution in [1.29, 1.82) is 0 Å². The summed E-state index contributed by atoms with van der Waals surface area (Å²) in [4.78, 5) is 22.7. The number of amides is 1. The molecule has 222 valence electrons. The van der Waals surface area contributed by atoms with Gasteiger partial charge in [0.05, 0.1) is 6.54 Å². The number of benzene rings is 1. The predicted molar refractivity (Wildman–Crippen MR) is 172 cm³/mol. The van der Waals surface area contributed by atoms with Crippen molar-refractivity contribution in [2.45, 2.75) is 86.6 Å². The molecule has 1 aromatic carbocycles. The summed E-state index contributed by atoms with van der Waals surface area (Å²) in [6.45, 7) is 21.7. The third-order valence-electron chi connectivity index (χ3n) is 7.91. The summed E-state index contributed by atoms with van der Waals surface area (Å²) in [5.41, 5.74) is 6.82. The number of halogens is 1. The van der Waals surface area contributed by atoms with Crippen LogP contribution in [0.2, 0.25) is 0 Å². The van der Waals surface area contributed by atoms with E-state index in [1.54, 1.807) is 12.1 Å².